The number of aliphatic carboxylic acids is 1. The third-order valence-corrected chi connectivity index (χ3v) is 7.99. The predicted octanol–water partition coefficient (Wildman–Crippen LogP) is 5.17. The van der Waals surface area contributed by atoms with Gasteiger partial charge in [0.05, 0.1) is 18.3 Å². The van der Waals surface area contributed by atoms with Gasteiger partial charge < -0.3 is 19.9 Å². The fourth-order valence-corrected chi connectivity index (χ4v) is 5.61. The van der Waals surface area contributed by atoms with Gasteiger partial charge in [0.1, 0.15) is 27.9 Å². The number of nitrogens with one attached hydrogen (secondary N) is 1. The highest BCUT2D eigenvalue weighted by Crippen LogP contribution is 2.47. The lowest BCUT2D eigenvalue weighted by molar-refractivity contribution is -0.138. The van der Waals surface area contributed by atoms with E-state index in [1.807, 2.05) is 42.5 Å². The Labute approximate surface area is 217 Å². The Bertz CT molecular complexity index is 1430. The number of sulfone groups is 1. The van der Waals surface area contributed by atoms with E-state index < -0.39 is 15.8 Å². The lowest BCUT2D eigenvalue weighted by atomic mass is 9.91. The number of hydrogen-bond donors (Lipinski definition) is 2. The first kappa shape index (κ1) is 25.1. The van der Waals surface area contributed by atoms with Crippen molar-refractivity contribution < 1.29 is 27.8 Å². The molecule has 7 nitrogen and oxygen atoms in total. The van der Waals surface area contributed by atoms with E-state index in [2.05, 4.69) is 24.4 Å². The average Bonchev–Trinajstić information content (AvgIpc) is 3.66. The van der Waals surface area contributed by atoms with E-state index in [1.54, 1.807) is 0 Å². The first-order valence-electron chi connectivity index (χ1n) is 12.4. The maximum atomic E-state index is 11.3. The summed E-state index contributed by atoms with van der Waals surface area (Å²) in [4.78, 5) is 11.1. The number of anilines is 1. The van der Waals surface area contributed by atoms with E-state index in [1.165, 1.54) is 6.26 Å². The summed E-state index contributed by atoms with van der Waals surface area (Å²) >= 11 is 0. The second-order valence-electron chi connectivity index (χ2n) is 9.99. The van der Waals surface area contributed by atoms with Gasteiger partial charge in [0.15, 0.2) is 0 Å². The quantitative estimate of drug-likeness (QED) is 0.355. The molecule has 3 aromatic carbocycles. The number of aryl methyl sites for hydroxylation is 1. The molecule has 1 heterocycles. The molecular formula is C29H31NO6S. The van der Waals surface area contributed by atoms with E-state index >= 15 is 0 Å². The van der Waals surface area contributed by atoms with Gasteiger partial charge in [0.2, 0.25) is 0 Å². The molecule has 1 fully saturated rings. The van der Waals surface area contributed by atoms with Crippen LogP contribution in [0.1, 0.15) is 41.0 Å². The molecule has 194 valence electrons. The van der Waals surface area contributed by atoms with Gasteiger partial charge in [-0.25, -0.2) is 8.42 Å². The predicted molar refractivity (Wildman–Crippen MR) is 143 cm³/mol. The van der Waals surface area contributed by atoms with Crippen LogP contribution in [0.4, 0.5) is 5.69 Å². The Hall–Kier alpha value is -3.52. The zero-order valence-corrected chi connectivity index (χ0v) is 21.8. The number of ether oxygens (including phenoxy) is 2. The molecule has 0 saturated heterocycles. The van der Waals surface area contributed by atoms with Crippen molar-refractivity contribution >= 4 is 21.5 Å². The first-order chi connectivity index (χ1) is 17.7. The SMILES string of the molecule is Cc1cc(OCCCS(C)(=O)=O)cc2c1-c1cc(CNc3ccc([C@H]4CC4C(=O)O)cc3)ccc1OC2. The topological polar surface area (TPSA) is 102 Å². The van der Waals surface area contributed by atoms with Crippen molar-refractivity contribution in [2.24, 2.45) is 5.92 Å². The molecule has 1 aliphatic heterocycles. The van der Waals surface area contributed by atoms with Gasteiger partial charge in [-0.3, -0.25) is 4.79 Å². The number of carboxylic acid groups (broad SMARTS) is 1. The van der Waals surface area contributed by atoms with E-state index in [4.69, 9.17) is 14.6 Å². The number of benzene rings is 3. The van der Waals surface area contributed by atoms with Gasteiger partial charge in [-0.2, -0.15) is 0 Å². The van der Waals surface area contributed by atoms with Crippen molar-refractivity contribution in [2.45, 2.75) is 38.8 Å². The van der Waals surface area contributed by atoms with Crippen molar-refractivity contribution in [3.63, 3.8) is 0 Å². The highest BCUT2D eigenvalue weighted by Gasteiger charge is 2.44. The molecule has 2 aliphatic rings. The van der Waals surface area contributed by atoms with E-state index in [0.29, 0.717) is 26.2 Å². The molecule has 0 spiro atoms. The van der Waals surface area contributed by atoms with Crippen LogP contribution in [0.3, 0.4) is 0 Å². The van der Waals surface area contributed by atoms with Crippen LogP contribution < -0.4 is 14.8 Å². The summed E-state index contributed by atoms with van der Waals surface area (Å²) in [5.41, 5.74) is 7.51. The molecule has 2 N–H and O–H groups in total. The minimum Gasteiger partial charge on any atom is -0.494 e. The molecule has 1 aliphatic carbocycles. The number of carboxylic acids is 1. The van der Waals surface area contributed by atoms with Crippen LogP contribution in [-0.2, 0) is 27.8 Å². The summed E-state index contributed by atoms with van der Waals surface area (Å²) in [7, 11) is -2.99. The normalized spacial score (nSPS) is 17.8. The molecule has 1 saturated carbocycles. The molecule has 0 aromatic heterocycles. The van der Waals surface area contributed by atoms with Crippen molar-refractivity contribution in [3.8, 4) is 22.6 Å². The van der Waals surface area contributed by atoms with E-state index in [0.717, 1.165) is 57.0 Å². The van der Waals surface area contributed by atoms with Gasteiger partial charge in [0.25, 0.3) is 0 Å². The molecule has 0 bridgehead atoms. The summed E-state index contributed by atoms with van der Waals surface area (Å²) in [6.45, 7) is 3.50. The van der Waals surface area contributed by atoms with Crippen molar-refractivity contribution in [2.75, 3.05) is 23.9 Å². The van der Waals surface area contributed by atoms with Crippen LogP contribution >= 0.6 is 0 Å². The summed E-state index contributed by atoms with van der Waals surface area (Å²) in [5.74, 6) is 0.856. The molecule has 8 heteroatoms. The van der Waals surface area contributed by atoms with Crippen LogP contribution in [0.2, 0.25) is 0 Å². The largest absolute Gasteiger partial charge is 0.494 e. The van der Waals surface area contributed by atoms with Crippen molar-refractivity contribution in [3.05, 3.63) is 76.9 Å². The highest BCUT2D eigenvalue weighted by atomic mass is 32.2. The number of fused-ring (bicyclic) bond motifs is 3. The fraction of sp³-hybridized carbons (Fsp3) is 0.345. The van der Waals surface area contributed by atoms with E-state index in [9.17, 15) is 13.2 Å². The summed E-state index contributed by atoms with van der Waals surface area (Å²) < 4.78 is 34.5. The maximum absolute atomic E-state index is 11.3. The van der Waals surface area contributed by atoms with Crippen LogP contribution in [0.15, 0.2) is 54.6 Å². The van der Waals surface area contributed by atoms with Gasteiger partial charge in [-0.05, 0) is 84.3 Å². The van der Waals surface area contributed by atoms with Crippen molar-refractivity contribution in [1.29, 1.82) is 0 Å². The number of carbonyl (C=O) groups is 1. The number of hydrogen-bond acceptors (Lipinski definition) is 6. The van der Waals surface area contributed by atoms with Gasteiger partial charge in [-0.15, -0.1) is 0 Å². The molecule has 0 amide bonds. The summed E-state index contributed by atoms with van der Waals surface area (Å²) in [5, 5.41) is 12.6. The Morgan fingerprint density at radius 2 is 1.92 bits per heavy atom. The van der Waals surface area contributed by atoms with Crippen LogP contribution in [-0.4, -0.2) is 38.1 Å². The van der Waals surface area contributed by atoms with Crippen LogP contribution in [0.5, 0.6) is 11.5 Å². The Kier molecular flexibility index (Phi) is 6.86. The number of rotatable bonds is 10. The van der Waals surface area contributed by atoms with Gasteiger partial charge in [-0.1, -0.05) is 18.2 Å². The first-order valence-corrected chi connectivity index (χ1v) is 14.5. The van der Waals surface area contributed by atoms with Gasteiger partial charge in [0, 0.05) is 29.6 Å². The third-order valence-electron chi connectivity index (χ3n) is 6.96. The Morgan fingerprint density at radius 3 is 2.62 bits per heavy atom. The molecule has 0 radical (unpaired) electrons. The molecule has 1 unspecified atom stereocenters. The smallest absolute Gasteiger partial charge is 0.307 e. The van der Waals surface area contributed by atoms with Crippen LogP contribution in [0, 0.1) is 12.8 Å². The fourth-order valence-electron chi connectivity index (χ4n) is 4.97. The minimum atomic E-state index is -2.99. The lowest BCUT2D eigenvalue weighted by Gasteiger charge is -2.24. The molecule has 5 rings (SSSR count). The monoisotopic (exact) mass is 521 g/mol. The van der Waals surface area contributed by atoms with Crippen molar-refractivity contribution in [1.82, 2.24) is 0 Å². The molecule has 37 heavy (non-hydrogen) atoms. The molecule has 3 aromatic rings. The zero-order valence-electron chi connectivity index (χ0n) is 21.0. The zero-order chi connectivity index (χ0) is 26.2. The highest BCUT2D eigenvalue weighted by molar-refractivity contribution is 7.90. The van der Waals surface area contributed by atoms with E-state index in [-0.39, 0.29) is 17.6 Å². The Balaban J connectivity index is 1.25. The molecule has 2 atom stereocenters. The summed E-state index contributed by atoms with van der Waals surface area (Å²) in [6, 6.07) is 18.2. The average molecular weight is 522 g/mol. The van der Waals surface area contributed by atoms with Crippen LogP contribution in [0.25, 0.3) is 11.1 Å². The minimum absolute atomic E-state index is 0.111. The summed E-state index contributed by atoms with van der Waals surface area (Å²) in [6.07, 6.45) is 2.41. The maximum Gasteiger partial charge on any atom is 0.307 e. The second kappa shape index (κ2) is 10.1. The lowest BCUT2D eigenvalue weighted by Crippen LogP contribution is -2.10. The standard InChI is InChI=1S/C29H31NO6S/c1-18-12-23(35-10-3-11-37(2,33)34)14-21-17-36-27-9-4-19(13-26(27)28(18)21)16-30-22-7-5-20(6-8-22)24-15-25(24)29(31)32/h4-9,12-14,24-25,30H,3,10-11,15-17H2,1-2H3,(H,31,32)/t24-,25?/m1/s1. The Morgan fingerprint density at radius 1 is 1.14 bits per heavy atom. The third kappa shape index (κ3) is 5.91. The second-order valence-corrected chi connectivity index (χ2v) is 12.2. The molecular weight excluding hydrogens is 490 g/mol. The van der Waals surface area contributed by atoms with Gasteiger partial charge >= 0.3 is 5.97 Å².